The highest BCUT2D eigenvalue weighted by Crippen LogP contribution is 2.40. The lowest BCUT2D eigenvalue weighted by molar-refractivity contribution is 0.415. The van der Waals surface area contributed by atoms with Gasteiger partial charge in [-0.15, -0.1) is 0 Å². The maximum Gasteiger partial charge on any atom is 0.202 e. The van der Waals surface area contributed by atoms with Crippen LogP contribution in [-0.4, -0.2) is 7.11 Å². The van der Waals surface area contributed by atoms with E-state index in [-0.39, 0.29) is 0 Å². The monoisotopic (exact) mass is 577 g/mol. The number of fused-ring (bicyclic) bond motifs is 3. The lowest BCUT2D eigenvalue weighted by Crippen LogP contribution is -2.10. The predicted molar refractivity (Wildman–Crippen MR) is 187 cm³/mol. The van der Waals surface area contributed by atoms with Gasteiger partial charge in [-0.3, -0.25) is 0 Å². The van der Waals surface area contributed by atoms with E-state index in [1.165, 1.54) is 10.8 Å². The summed E-state index contributed by atoms with van der Waals surface area (Å²) in [6, 6.07) is 47.4. The molecule has 0 aliphatic carbocycles. The van der Waals surface area contributed by atoms with E-state index < -0.39 is 0 Å². The van der Waals surface area contributed by atoms with Crippen molar-refractivity contribution in [3.63, 3.8) is 0 Å². The molecule has 0 N–H and O–H groups in total. The molecule has 7 aromatic rings. The van der Waals surface area contributed by atoms with Gasteiger partial charge in [-0.25, -0.2) is 4.85 Å². The Balaban J connectivity index is 1.26. The zero-order valence-electron chi connectivity index (χ0n) is 24.6. The fraction of sp³-hybridized carbons (Fsp3) is 0.0244. The van der Waals surface area contributed by atoms with Crippen LogP contribution in [0.4, 0.5) is 22.7 Å². The minimum absolute atomic E-state index is 0.575. The van der Waals surface area contributed by atoms with Gasteiger partial charge in [0.05, 0.1) is 24.9 Å². The minimum Gasteiger partial charge on any atom is -0.497 e. The lowest BCUT2D eigenvalue weighted by Gasteiger charge is -2.27. The van der Waals surface area contributed by atoms with Gasteiger partial charge in [0, 0.05) is 16.8 Å². The molecular formula is C41H27N3O. The maximum absolute atomic E-state index is 9.95. The maximum atomic E-state index is 9.95. The molecule has 0 unspecified atom stereocenters. The smallest absolute Gasteiger partial charge is 0.202 e. The SMILES string of the molecule is [C-]#[N+]c1c2ccccc2c(C#N)c2ccc(/C=C/c3ccc(N(c4ccc(OC)cc4)c4cccc5ccccc45)cc3)cc12. The van der Waals surface area contributed by atoms with Gasteiger partial charge in [0.25, 0.3) is 0 Å². The van der Waals surface area contributed by atoms with Crippen LogP contribution in [0.5, 0.6) is 5.75 Å². The summed E-state index contributed by atoms with van der Waals surface area (Å²) in [4.78, 5) is 6.14. The van der Waals surface area contributed by atoms with Crippen molar-refractivity contribution < 1.29 is 4.74 Å². The first-order valence-electron chi connectivity index (χ1n) is 14.6. The molecule has 45 heavy (non-hydrogen) atoms. The van der Waals surface area contributed by atoms with Gasteiger partial charge in [0.1, 0.15) is 11.8 Å². The Bertz CT molecular complexity index is 2320. The molecule has 4 nitrogen and oxygen atoms in total. The number of hydrogen-bond acceptors (Lipinski definition) is 3. The highest BCUT2D eigenvalue weighted by atomic mass is 16.5. The number of methoxy groups -OCH3 is 1. The van der Waals surface area contributed by atoms with Crippen LogP contribution < -0.4 is 9.64 Å². The van der Waals surface area contributed by atoms with Gasteiger partial charge in [0.15, 0.2) is 0 Å². The second-order valence-electron chi connectivity index (χ2n) is 10.8. The second-order valence-corrected chi connectivity index (χ2v) is 10.8. The Kier molecular flexibility index (Phi) is 7.16. The molecular weight excluding hydrogens is 550 g/mol. The van der Waals surface area contributed by atoms with Crippen LogP contribution in [0.3, 0.4) is 0 Å². The number of ether oxygens (including phenoxy) is 1. The van der Waals surface area contributed by atoms with Crippen molar-refractivity contribution in [2.24, 2.45) is 0 Å². The molecule has 7 rings (SSSR count). The summed E-state index contributed by atoms with van der Waals surface area (Å²) in [7, 11) is 1.68. The first-order chi connectivity index (χ1) is 22.2. The van der Waals surface area contributed by atoms with E-state index in [1.54, 1.807) is 7.11 Å². The van der Waals surface area contributed by atoms with Gasteiger partial charge >= 0.3 is 0 Å². The molecule has 0 saturated carbocycles. The molecule has 0 bridgehead atoms. The van der Waals surface area contributed by atoms with Crippen LogP contribution in [0.25, 0.3) is 49.3 Å². The molecule has 212 valence electrons. The summed E-state index contributed by atoms with van der Waals surface area (Å²) in [5, 5.41) is 15.5. The van der Waals surface area contributed by atoms with E-state index in [4.69, 9.17) is 11.3 Å². The van der Waals surface area contributed by atoms with Crippen LogP contribution in [0.2, 0.25) is 0 Å². The summed E-state index contributed by atoms with van der Waals surface area (Å²) in [6.07, 6.45) is 4.12. The Hall–Kier alpha value is -6.36. The first-order valence-corrected chi connectivity index (χ1v) is 14.6. The van der Waals surface area contributed by atoms with E-state index in [9.17, 15) is 5.26 Å². The summed E-state index contributed by atoms with van der Waals surface area (Å²) >= 11 is 0. The number of nitrogens with zero attached hydrogens (tertiary/aromatic N) is 3. The normalized spacial score (nSPS) is 11.1. The zero-order valence-corrected chi connectivity index (χ0v) is 24.6. The molecule has 0 heterocycles. The summed E-state index contributed by atoms with van der Waals surface area (Å²) in [6.45, 7) is 7.90. The predicted octanol–water partition coefficient (Wildman–Crippen LogP) is 11.2. The van der Waals surface area contributed by atoms with E-state index in [2.05, 4.69) is 107 Å². The Morgan fingerprint density at radius 3 is 1.96 bits per heavy atom. The van der Waals surface area contributed by atoms with Gasteiger partial charge in [0.2, 0.25) is 5.69 Å². The van der Waals surface area contributed by atoms with Gasteiger partial charge in [-0.05, 0) is 80.5 Å². The third kappa shape index (κ3) is 5.01. The molecule has 0 aliphatic rings. The number of anilines is 3. The molecule has 0 atom stereocenters. The van der Waals surface area contributed by atoms with E-state index >= 15 is 0 Å². The number of nitriles is 1. The second kappa shape index (κ2) is 11.7. The average molecular weight is 578 g/mol. The highest BCUT2D eigenvalue weighted by molar-refractivity contribution is 6.15. The van der Waals surface area contributed by atoms with Crippen molar-refractivity contribution in [2.45, 2.75) is 0 Å². The summed E-state index contributed by atoms with van der Waals surface area (Å²) in [5.74, 6) is 0.811. The molecule has 7 aromatic carbocycles. The van der Waals surface area contributed by atoms with Crippen molar-refractivity contribution in [1.82, 2.24) is 0 Å². The average Bonchev–Trinajstić information content (AvgIpc) is 3.10. The largest absolute Gasteiger partial charge is 0.497 e. The number of benzene rings is 7. The van der Waals surface area contributed by atoms with Crippen LogP contribution in [0, 0.1) is 17.9 Å². The molecule has 0 saturated heterocycles. The first kappa shape index (κ1) is 27.5. The van der Waals surface area contributed by atoms with E-state index in [0.29, 0.717) is 11.3 Å². The molecule has 0 amide bonds. The Morgan fingerprint density at radius 2 is 1.24 bits per heavy atom. The zero-order chi connectivity index (χ0) is 30.8. The van der Waals surface area contributed by atoms with E-state index in [0.717, 1.165) is 55.5 Å². The van der Waals surface area contributed by atoms with Gasteiger partial charge < -0.3 is 9.64 Å². The fourth-order valence-electron chi connectivity index (χ4n) is 6.01. The highest BCUT2D eigenvalue weighted by Gasteiger charge is 2.16. The standard InChI is InChI=1S/C41H27N3O/c1-43-41-37-12-6-5-11-35(37)39(27-42)36-25-18-29(26-38(36)41)15-14-28-16-19-31(20-17-28)44(32-21-23-33(45-2)24-22-32)40-13-7-9-30-8-3-4-10-34(30)40/h3-26H,2H3/b15-14+. The van der Waals surface area contributed by atoms with Crippen LogP contribution >= 0.6 is 0 Å². The van der Waals surface area contributed by atoms with Crippen molar-refractivity contribution in [1.29, 1.82) is 5.26 Å². The van der Waals surface area contributed by atoms with Crippen molar-refractivity contribution in [3.05, 3.63) is 162 Å². The molecule has 0 aromatic heterocycles. The molecule has 0 fully saturated rings. The lowest BCUT2D eigenvalue weighted by atomic mass is 9.94. The van der Waals surface area contributed by atoms with Crippen LogP contribution in [0.1, 0.15) is 16.7 Å². The number of hydrogen-bond donors (Lipinski definition) is 0. The third-order valence-electron chi connectivity index (χ3n) is 8.20. The topological polar surface area (TPSA) is 40.6 Å². The summed E-state index contributed by atoms with van der Waals surface area (Å²) in [5.41, 5.74) is 6.36. The minimum atomic E-state index is 0.575. The van der Waals surface area contributed by atoms with Crippen LogP contribution in [-0.2, 0) is 0 Å². The van der Waals surface area contributed by atoms with Crippen molar-refractivity contribution in [3.8, 4) is 11.8 Å². The van der Waals surface area contributed by atoms with Gasteiger partial charge in [-0.2, -0.15) is 5.26 Å². The summed E-state index contributed by atoms with van der Waals surface area (Å²) < 4.78 is 5.42. The van der Waals surface area contributed by atoms with Crippen LogP contribution in [0.15, 0.2) is 133 Å². The third-order valence-corrected chi connectivity index (χ3v) is 8.20. The van der Waals surface area contributed by atoms with Crippen molar-refractivity contribution in [2.75, 3.05) is 12.0 Å². The molecule has 0 spiro atoms. The van der Waals surface area contributed by atoms with Gasteiger partial charge in [-0.1, -0.05) is 103 Å². The Labute approximate surface area is 262 Å². The Morgan fingerprint density at radius 1 is 0.644 bits per heavy atom. The molecule has 4 heteroatoms. The molecule has 0 aliphatic heterocycles. The van der Waals surface area contributed by atoms with E-state index in [1.807, 2.05) is 54.6 Å². The van der Waals surface area contributed by atoms with Crippen molar-refractivity contribution >= 4 is 67.2 Å². The quantitative estimate of drug-likeness (QED) is 0.112. The fourth-order valence-corrected chi connectivity index (χ4v) is 6.01. The molecule has 0 radical (unpaired) electrons. The number of rotatable bonds is 6.